The summed E-state index contributed by atoms with van der Waals surface area (Å²) >= 11 is 0. The van der Waals surface area contributed by atoms with Crippen LogP contribution in [0.1, 0.15) is 22.8 Å². The minimum absolute atomic E-state index is 0.0753. The molecular formula is C15H14N2O2. The predicted octanol–water partition coefficient (Wildman–Crippen LogP) is 1.97. The summed E-state index contributed by atoms with van der Waals surface area (Å²) in [6.07, 6.45) is 2.34. The van der Waals surface area contributed by atoms with Gasteiger partial charge >= 0.3 is 0 Å². The number of amides is 1. The molecule has 0 fully saturated rings. The van der Waals surface area contributed by atoms with Crippen molar-refractivity contribution in [2.75, 3.05) is 4.90 Å². The number of carbonyl (C=O) groups excluding carboxylic acids is 1. The molecule has 0 aliphatic carbocycles. The fourth-order valence-corrected chi connectivity index (χ4v) is 2.56. The third-order valence-electron chi connectivity index (χ3n) is 3.46. The zero-order chi connectivity index (χ0) is 13.4. The van der Waals surface area contributed by atoms with E-state index in [-0.39, 0.29) is 17.5 Å². The zero-order valence-corrected chi connectivity index (χ0v) is 10.6. The van der Waals surface area contributed by atoms with Crippen molar-refractivity contribution in [2.24, 2.45) is 0 Å². The number of anilines is 1. The number of H-pyrrole nitrogens is 1. The first-order chi connectivity index (χ1) is 9.16. The van der Waals surface area contributed by atoms with Crippen molar-refractivity contribution in [1.82, 2.24) is 4.98 Å². The van der Waals surface area contributed by atoms with Gasteiger partial charge in [0.25, 0.3) is 5.91 Å². The molecule has 1 N–H and O–H groups in total. The SMILES string of the molecule is CC1Cc2ccccc2N1C(=O)c1ccc(=O)[nH]c1. The van der Waals surface area contributed by atoms with Crippen molar-refractivity contribution in [3.8, 4) is 0 Å². The molecule has 2 aromatic rings. The molecule has 2 heterocycles. The number of benzene rings is 1. The van der Waals surface area contributed by atoms with E-state index < -0.39 is 0 Å². The Bertz CT molecular complexity index is 670. The molecule has 1 aliphatic rings. The Morgan fingerprint density at radius 1 is 1.26 bits per heavy atom. The summed E-state index contributed by atoms with van der Waals surface area (Å²) in [5.41, 5.74) is 2.45. The topological polar surface area (TPSA) is 53.2 Å². The van der Waals surface area contributed by atoms with Crippen molar-refractivity contribution in [2.45, 2.75) is 19.4 Å². The van der Waals surface area contributed by atoms with E-state index >= 15 is 0 Å². The quantitative estimate of drug-likeness (QED) is 0.845. The van der Waals surface area contributed by atoms with Crippen LogP contribution in [0.4, 0.5) is 5.69 Å². The van der Waals surface area contributed by atoms with Gasteiger partial charge in [-0.1, -0.05) is 18.2 Å². The number of hydrogen-bond acceptors (Lipinski definition) is 2. The molecule has 0 bridgehead atoms. The van der Waals surface area contributed by atoms with Gasteiger partial charge < -0.3 is 9.88 Å². The third-order valence-corrected chi connectivity index (χ3v) is 3.46. The molecule has 4 nitrogen and oxygen atoms in total. The molecule has 4 heteroatoms. The molecule has 1 unspecified atom stereocenters. The Kier molecular flexibility index (Phi) is 2.71. The van der Waals surface area contributed by atoms with Crippen LogP contribution >= 0.6 is 0 Å². The van der Waals surface area contributed by atoms with E-state index in [4.69, 9.17) is 0 Å². The standard InChI is InChI=1S/C15H14N2O2/c1-10-8-11-4-2-3-5-13(11)17(10)15(19)12-6-7-14(18)16-9-12/h2-7,9-10H,8H2,1H3,(H,16,18). The maximum Gasteiger partial charge on any atom is 0.260 e. The number of para-hydroxylation sites is 1. The summed E-state index contributed by atoms with van der Waals surface area (Å²) in [4.78, 5) is 27.9. The van der Waals surface area contributed by atoms with Gasteiger partial charge in [0.15, 0.2) is 0 Å². The molecule has 1 aliphatic heterocycles. The first kappa shape index (κ1) is 11.7. The number of carbonyl (C=O) groups is 1. The predicted molar refractivity (Wildman–Crippen MR) is 73.5 cm³/mol. The number of pyridine rings is 1. The molecule has 1 aromatic carbocycles. The monoisotopic (exact) mass is 254 g/mol. The highest BCUT2D eigenvalue weighted by Gasteiger charge is 2.31. The normalized spacial score (nSPS) is 17.3. The second-order valence-electron chi connectivity index (χ2n) is 4.80. The smallest absolute Gasteiger partial charge is 0.260 e. The largest absolute Gasteiger partial charge is 0.328 e. The number of rotatable bonds is 1. The molecule has 96 valence electrons. The zero-order valence-electron chi connectivity index (χ0n) is 10.6. The lowest BCUT2D eigenvalue weighted by Crippen LogP contribution is -2.36. The van der Waals surface area contributed by atoms with Crippen LogP contribution in [-0.2, 0) is 6.42 Å². The van der Waals surface area contributed by atoms with Gasteiger partial charge in [0, 0.05) is 24.0 Å². The van der Waals surface area contributed by atoms with Crippen LogP contribution in [0, 0.1) is 0 Å². The molecule has 0 radical (unpaired) electrons. The lowest BCUT2D eigenvalue weighted by Gasteiger charge is -2.22. The van der Waals surface area contributed by atoms with Gasteiger partial charge in [0.2, 0.25) is 5.56 Å². The van der Waals surface area contributed by atoms with Gasteiger partial charge in [0.1, 0.15) is 0 Å². The minimum atomic E-state index is -0.202. The molecule has 19 heavy (non-hydrogen) atoms. The summed E-state index contributed by atoms with van der Waals surface area (Å²) in [5, 5.41) is 0. The van der Waals surface area contributed by atoms with Crippen LogP contribution in [-0.4, -0.2) is 16.9 Å². The Morgan fingerprint density at radius 3 is 2.79 bits per heavy atom. The fourth-order valence-electron chi connectivity index (χ4n) is 2.56. The highest BCUT2D eigenvalue weighted by atomic mass is 16.2. The lowest BCUT2D eigenvalue weighted by atomic mass is 10.1. The summed E-state index contributed by atoms with van der Waals surface area (Å²) in [7, 11) is 0. The van der Waals surface area contributed by atoms with Gasteiger partial charge in [-0.15, -0.1) is 0 Å². The highest BCUT2D eigenvalue weighted by molar-refractivity contribution is 6.07. The highest BCUT2D eigenvalue weighted by Crippen LogP contribution is 2.32. The summed E-state index contributed by atoms with van der Waals surface area (Å²) in [6, 6.07) is 11.0. The Labute approximate surface area is 110 Å². The van der Waals surface area contributed by atoms with Crippen molar-refractivity contribution < 1.29 is 4.79 Å². The number of nitrogens with one attached hydrogen (secondary N) is 1. The van der Waals surface area contributed by atoms with E-state index in [9.17, 15) is 9.59 Å². The molecule has 1 atom stereocenters. The van der Waals surface area contributed by atoms with Crippen molar-refractivity contribution in [3.63, 3.8) is 0 Å². The minimum Gasteiger partial charge on any atom is -0.328 e. The molecule has 0 spiro atoms. The number of aromatic nitrogens is 1. The van der Waals surface area contributed by atoms with Gasteiger partial charge in [0.05, 0.1) is 5.56 Å². The molecule has 0 saturated heterocycles. The van der Waals surface area contributed by atoms with Crippen LogP contribution < -0.4 is 10.5 Å². The van der Waals surface area contributed by atoms with Crippen LogP contribution in [0.15, 0.2) is 47.4 Å². The van der Waals surface area contributed by atoms with Crippen LogP contribution in [0.3, 0.4) is 0 Å². The molecule has 1 aromatic heterocycles. The summed E-state index contributed by atoms with van der Waals surface area (Å²) in [5.74, 6) is -0.0753. The first-order valence-corrected chi connectivity index (χ1v) is 6.27. The second-order valence-corrected chi connectivity index (χ2v) is 4.80. The van der Waals surface area contributed by atoms with E-state index in [0.29, 0.717) is 5.56 Å². The molecule has 1 amide bonds. The van der Waals surface area contributed by atoms with E-state index in [1.54, 1.807) is 11.0 Å². The van der Waals surface area contributed by atoms with Gasteiger partial charge in [-0.2, -0.15) is 0 Å². The molecule has 3 rings (SSSR count). The lowest BCUT2D eigenvalue weighted by molar-refractivity contribution is 0.0981. The number of nitrogens with zero attached hydrogens (tertiary/aromatic N) is 1. The number of fused-ring (bicyclic) bond motifs is 1. The Morgan fingerprint density at radius 2 is 2.05 bits per heavy atom. The van der Waals surface area contributed by atoms with Gasteiger partial charge in [-0.25, -0.2) is 0 Å². The van der Waals surface area contributed by atoms with Crippen molar-refractivity contribution in [1.29, 1.82) is 0 Å². The maximum atomic E-state index is 12.5. The van der Waals surface area contributed by atoms with E-state index in [0.717, 1.165) is 12.1 Å². The average Bonchev–Trinajstić information content (AvgIpc) is 2.74. The average molecular weight is 254 g/mol. The van der Waals surface area contributed by atoms with Crippen LogP contribution in [0.2, 0.25) is 0 Å². The van der Waals surface area contributed by atoms with E-state index in [2.05, 4.69) is 4.98 Å². The van der Waals surface area contributed by atoms with E-state index in [1.807, 2.05) is 31.2 Å². The summed E-state index contributed by atoms with van der Waals surface area (Å²) < 4.78 is 0. The van der Waals surface area contributed by atoms with Crippen molar-refractivity contribution >= 4 is 11.6 Å². The van der Waals surface area contributed by atoms with Crippen LogP contribution in [0.5, 0.6) is 0 Å². The van der Waals surface area contributed by atoms with E-state index in [1.165, 1.54) is 17.8 Å². The Balaban J connectivity index is 2.00. The van der Waals surface area contributed by atoms with Crippen LogP contribution in [0.25, 0.3) is 0 Å². The molecular weight excluding hydrogens is 240 g/mol. The fraction of sp³-hybridized carbons (Fsp3) is 0.200. The number of hydrogen-bond donors (Lipinski definition) is 1. The summed E-state index contributed by atoms with van der Waals surface area (Å²) in [6.45, 7) is 2.03. The first-order valence-electron chi connectivity index (χ1n) is 6.27. The molecule has 0 saturated carbocycles. The number of aromatic amines is 1. The van der Waals surface area contributed by atoms with Gasteiger partial charge in [-0.05, 0) is 31.0 Å². The second kappa shape index (κ2) is 4.39. The third kappa shape index (κ3) is 1.95. The Hall–Kier alpha value is -2.36. The van der Waals surface area contributed by atoms with Gasteiger partial charge in [-0.3, -0.25) is 9.59 Å². The van der Waals surface area contributed by atoms with Crippen molar-refractivity contribution in [3.05, 3.63) is 64.1 Å². The maximum absolute atomic E-state index is 12.5.